The lowest BCUT2D eigenvalue weighted by Crippen LogP contribution is -2.71. The molecule has 0 bridgehead atoms. The smallest absolute Gasteiger partial charge is 0.356 e. The van der Waals surface area contributed by atoms with E-state index in [1.807, 2.05) is 72.8 Å². The molecule has 2 amide bonds. The van der Waals surface area contributed by atoms with Gasteiger partial charge in [-0.15, -0.1) is 11.8 Å². The molecule has 44 heavy (non-hydrogen) atoms. The van der Waals surface area contributed by atoms with Crippen LogP contribution in [0.2, 0.25) is 0 Å². The number of hydrogen-bond acceptors (Lipinski definition) is 7. The number of amides is 2. The van der Waals surface area contributed by atoms with Gasteiger partial charge in [0, 0.05) is 28.8 Å². The van der Waals surface area contributed by atoms with Gasteiger partial charge in [-0.05, 0) is 35.0 Å². The lowest BCUT2D eigenvalue weighted by molar-refractivity contribution is -0.153. The van der Waals surface area contributed by atoms with Gasteiger partial charge < -0.3 is 4.74 Å². The second kappa shape index (κ2) is 13.0. The van der Waals surface area contributed by atoms with Crippen LogP contribution in [0.5, 0.6) is 0 Å². The second-order valence-electron chi connectivity index (χ2n) is 10.2. The monoisotopic (exact) mass is 620 g/mol. The van der Waals surface area contributed by atoms with Crippen LogP contribution in [-0.2, 0) is 19.1 Å². The number of fused-ring (bicyclic) bond motifs is 1. The maximum absolute atomic E-state index is 14.2. The number of hydrogen-bond donors (Lipinski definition) is 0. The summed E-state index contributed by atoms with van der Waals surface area (Å²) in [5.74, 6) is -1.11. The predicted molar refractivity (Wildman–Crippen MR) is 173 cm³/mol. The molecular weight excluding hydrogens is 593 g/mol. The Morgan fingerprint density at radius 3 is 1.89 bits per heavy atom. The second-order valence-corrected chi connectivity index (χ2v) is 12.4. The molecule has 2 aliphatic rings. The normalized spacial score (nSPS) is 17.5. The van der Waals surface area contributed by atoms with Gasteiger partial charge in [0.05, 0.1) is 0 Å². The Morgan fingerprint density at radius 2 is 1.34 bits per heavy atom. The van der Waals surface area contributed by atoms with Gasteiger partial charge in [0.15, 0.2) is 6.10 Å². The maximum atomic E-state index is 14.2. The molecule has 7 nitrogen and oxygen atoms in total. The molecule has 220 valence electrons. The quantitative estimate of drug-likeness (QED) is 0.166. The molecule has 0 spiro atoms. The fourth-order valence-corrected chi connectivity index (χ4v) is 7.80. The first-order chi connectivity index (χ1) is 21.4. The highest BCUT2D eigenvalue weighted by Gasteiger charge is 2.57. The summed E-state index contributed by atoms with van der Waals surface area (Å²) in [6, 6.07) is 35.8. The molecule has 4 aromatic carbocycles. The highest BCUT2D eigenvalue weighted by atomic mass is 32.2. The lowest BCUT2D eigenvalue weighted by atomic mass is 10.0. The van der Waals surface area contributed by atoms with E-state index in [1.165, 1.54) is 28.5 Å². The van der Waals surface area contributed by atoms with Gasteiger partial charge in [0.1, 0.15) is 17.1 Å². The molecule has 4 aromatic rings. The summed E-state index contributed by atoms with van der Waals surface area (Å²) in [6.45, 7) is 1.42. The standard InChI is InChI=1S/C35H28N2O5S2/c1-23(38)36(27-20-12-5-13-21-27)30-32(39)37-29(28(22-43-33(30)37)44-35(41)26-18-10-4-11-19-26)34(40)42-31(24-14-6-2-7-15-24)25-16-8-3-9-17-25/h2-21,30-31,33H,22H2,1H3/t30?,33-/m0/s1. The highest BCUT2D eigenvalue weighted by Crippen LogP contribution is 2.47. The van der Waals surface area contributed by atoms with Crippen LogP contribution in [0.3, 0.4) is 0 Å². The Kier molecular flexibility index (Phi) is 8.67. The number of ether oxygens (including phenoxy) is 1. The fraction of sp³-hybridized carbons (Fsp3) is 0.143. The van der Waals surface area contributed by atoms with Crippen molar-refractivity contribution in [1.82, 2.24) is 4.90 Å². The number of rotatable bonds is 8. The molecule has 0 saturated carbocycles. The summed E-state index contributed by atoms with van der Waals surface area (Å²) in [6.07, 6.45) is -0.744. The molecule has 0 radical (unpaired) electrons. The first kappa shape index (κ1) is 29.5. The molecular formula is C35H28N2O5S2. The number of anilines is 1. The minimum atomic E-state index is -0.807. The van der Waals surface area contributed by atoms with Gasteiger partial charge in [-0.1, -0.05) is 109 Å². The van der Waals surface area contributed by atoms with Gasteiger partial charge >= 0.3 is 5.97 Å². The number of benzene rings is 4. The molecule has 1 saturated heterocycles. The van der Waals surface area contributed by atoms with Crippen molar-refractivity contribution in [2.75, 3.05) is 10.7 Å². The van der Waals surface area contributed by atoms with Crippen LogP contribution in [-0.4, -0.2) is 45.0 Å². The zero-order valence-corrected chi connectivity index (χ0v) is 25.4. The topological polar surface area (TPSA) is 84.0 Å². The minimum absolute atomic E-state index is 0.0395. The van der Waals surface area contributed by atoms with Crippen LogP contribution in [0.4, 0.5) is 5.69 Å². The number of esters is 1. The molecule has 6 rings (SSSR count). The molecule has 0 aromatic heterocycles. The van der Waals surface area contributed by atoms with Gasteiger partial charge in [-0.3, -0.25) is 24.2 Å². The minimum Gasteiger partial charge on any atom is -0.448 e. The number of para-hydroxylation sites is 1. The molecule has 1 fully saturated rings. The SMILES string of the molecule is CC(=O)N(c1ccccc1)C1C(=O)N2C(C(=O)OC(c3ccccc3)c3ccccc3)=C(SC(=O)c3ccccc3)CS[C@@H]12. The van der Waals surface area contributed by atoms with E-state index < -0.39 is 29.4 Å². The summed E-state index contributed by atoms with van der Waals surface area (Å²) in [7, 11) is 0. The van der Waals surface area contributed by atoms with E-state index in [4.69, 9.17) is 4.74 Å². The number of carbonyl (C=O) groups excluding carboxylic acids is 4. The van der Waals surface area contributed by atoms with Crippen LogP contribution in [0.25, 0.3) is 0 Å². The van der Waals surface area contributed by atoms with Crippen LogP contribution in [0.1, 0.15) is 34.5 Å². The first-order valence-corrected chi connectivity index (χ1v) is 15.9. The van der Waals surface area contributed by atoms with Crippen LogP contribution < -0.4 is 4.90 Å². The Labute approximate surface area is 263 Å². The van der Waals surface area contributed by atoms with Crippen molar-refractivity contribution in [3.8, 4) is 0 Å². The van der Waals surface area contributed by atoms with E-state index >= 15 is 0 Å². The average Bonchev–Trinajstić information content (AvgIpc) is 3.07. The van der Waals surface area contributed by atoms with Gasteiger partial charge in [-0.25, -0.2) is 4.79 Å². The molecule has 2 heterocycles. The largest absolute Gasteiger partial charge is 0.448 e. The van der Waals surface area contributed by atoms with Crippen molar-refractivity contribution in [1.29, 1.82) is 0 Å². The van der Waals surface area contributed by atoms with E-state index in [9.17, 15) is 19.2 Å². The van der Waals surface area contributed by atoms with Crippen LogP contribution in [0.15, 0.2) is 132 Å². The van der Waals surface area contributed by atoms with E-state index in [2.05, 4.69) is 0 Å². The number of nitrogens with zero attached hydrogens (tertiary/aromatic N) is 2. The van der Waals surface area contributed by atoms with Crippen molar-refractivity contribution >= 4 is 52.1 Å². The summed E-state index contributed by atoms with van der Waals surface area (Å²) < 4.78 is 6.20. The third-order valence-corrected chi connectivity index (χ3v) is 9.86. The molecule has 2 atom stereocenters. The summed E-state index contributed by atoms with van der Waals surface area (Å²) >= 11 is 2.34. The molecule has 0 N–H and O–H groups in total. The maximum Gasteiger partial charge on any atom is 0.356 e. The Balaban J connectivity index is 1.38. The summed E-state index contributed by atoms with van der Waals surface area (Å²) in [5, 5.41) is -0.774. The third-order valence-electron chi connectivity index (χ3n) is 7.41. The van der Waals surface area contributed by atoms with E-state index in [0.717, 1.165) is 22.9 Å². The van der Waals surface area contributed by atoms with E-state index in [0.29, 0.717) is 21.9 Å². The number of carbonyl (C=O) groups is 4. The van der Waals surface area contributed by atoms with Gasteiger partial charge in [-0.2, -0.15) is 0 Å². The number of β-lactam (4-membered cyclic amide) rings is 1. The third kappa shape index (κ3) is 5.80. The van der Waals surface area contributed by atoms with Crippen molar-refractivity contribution < 1.29 is 23.9 Å². The fourth-order valence-electron chi connectivity index (χ4n) is 5.36. The zero-order chi connectivity index (χ0) is 30.6. The predicted octanol–water partition coefficient (Wildman–Crippen LogP) is 6.44. The Hall–Kier alpha value is -4.60. The summed E-state index contributed by atoms with van der Waals surface area (Å²) in [5.41, 5.74) is 2.65. The molecule has 1 unspecified atom stereocenters. The zero-order valence-electron chi connectivity index (χ0n) is 23.7. The first-order valence-electron chi connectivity index (χ1n) is 14.0. The van der Waals surface area contributed by atoms with Gasteiger partial charge in [0.25, 0.3) is 5.91 Å². The van der Waals surface area contributed by atoms with Crippen LogP contribution in [0, 0.1) is 0 Å². The Morgan fingerprint density at radius 1 is 0.818 bits per heavy atom. The van der Waals surface area contributed by atoms with Crippen molar-refractivity contribution in [2.24, 2.45) is 0 Å². The summed E-state index contributed by atoms with van der Waals surface area (Å²) in [4.78, 5) is 57.6. The van der Waals surface area contributed by atoms with E-state index in [-0.39, 0.29) is 16.7 Å². The van der Waals surface area contributed by atoms with Crippen molar-refractivity contribution in [2.45, 2.75) is 24.4 Å². The molecule has 9 heteroatoms. The average molecular weight is 621 g/mol. The molecule has 2 aliphatic heterocycles. The van der Waals surface area contributed by atoms with Crippen molar-refractivity contribution in [3.05, 3.63) is 149 Å². The number of thioether (sulfide) groups is 2. The Bertz CT molecular complexity index is 1680. The molecule has 0 aliphatic carbocycles. The van der Waals surface area contributed by atoms with E-state index in [1.54, 1.807) is 48.5 Å². The lowest BCUT2D eigenvalue weighted by Gasteiger charge is -2.52. The highest BCUT2D eigenvalue weighted by molar-refractivity contribution is 8.18. The van der Waals surface area contributed by atoms with Gasteiger partial charge in [0.2, 0.25) is 11.0 Å². The van der Waals surface area contributed by atoms with Crippen LogP contribution >= 0.6 is 23.5 Å². The van der Waals surface area contributed by atoms with Crippen molar-refractivity contribution in [3.63, 3.8) is 0 Å².